The minimum atomic E-state index is -0.592. The summed E-state index contributed by atoms with van der Waals surface area (Å²) in [5, 5.41) is 0.384. The standard InChI is InChI=1S/C11H12ClNO3/c1-6(13)11(14)10-7-4-15-5-16-9(7)3-2-8(10)12/h2-3,6H,4-5,13H2,1H3. The van der Waals surface area contributed by atoms with Crippen LogP contribution in [0.2, 0.25) is 5.02 Å². The number of ether oxygens (including phenoxy) is 2. The Kier molecular flexibility index (Phi) is 3.14. The van der Waals surface area contributed by atoms with E-state index < -0.39 is 6.04 Å². The molecular formula is C11H12ClNO3. The van der Waals surface area contributed by atoms with E-state index in [9.17, 15) is 4.79 Å². The quantitative estimate of drug-likeness (QED) is 0.802. The number of ketones is 1. The van der Waals surface area contributed by atoms with Gasteiger partial charge in [0.1, 0.15) is 5.75 Å². The van der Waals surface area contributed by atoms with Crippen molar-refractivity contribution in [2.24, 2.45) is 5.73 Å². The molecule has 86 valence electrons. The van der Waals surface area contributed by atoms with Crippen LogP contribution in [-0.4, -0.2) is 18.6 Å². The van der Waals surface area contributed by atoms with E-state index in [1.165, 1.54) is 0 Å². The molecule has 2 N–H and O–H groups in total. The van der Waals surface area contributed by atoms with E-state index in [-0.39, 0.29) is 12.6 Å². The molecular weight excluding hydrogens is 230 g/mol. The largest absolute Gasteiger partial charge is 0.467 e. The molecule has 0 amide bonds. The van der Waals surface area contributed by atoms with Gasteiger partial charge in [-0.2, -0.15) is 0 Å². The number of benzene rings is 1. The Balaban J connectivity index is 2.54. The van der Waals surface area contributed by atoms with Crippen molar-refractivity contribution < 1.29 is 14.3 Å². The lowest BCUT2D eigenvalue weighted by Gasteiger charge is -2.21. The number of rotatable bonds is 2. The first kappa shape index (κ1) is 11.4. The number of carbonyl (C=O) groups excluding carboxylic acids is 1. The Morgan fingerprint density at radius 1 is 1.56 bits per heavy atom. The Bertz CT molecular complexity index is 431. The second kappa shape index (κ2) is 4.41. The van der Waals surface area contributed by atoms with Gasteiger partial charge in [-0.15, -0.1) is 0 Å². The third-order valence-electron chi connectivity index (χ3n) is 2.42. The first-order valence-electron chi connectivity index (χ1n) is 4.93. The van der Waals surface area contributed by atoms with Crippen molar-refractivity contribution in [3.05, 3.63) is 28.3 Å². The lowest BCUT2D eigenvalue weighted by Crippen LogP contribution is -2.29. The van der Waals surface area contributed by atoms with Crippen LogP contribution in [0.5, 0.6) is 5.75 Å². The van der Waals surface area contributed by atoms with Gasteiger partial charge in [-0.25, -0.2) is 0 Å². The summed E-state index contributed by atoms with van der Waals surface area (Å²) in [6.07, 6.45) is 0. The van der Waals surface area contributed by atoms with Crippen LogP contribution >= 0.6 is 11.6 Å². The third kappa shape index (κ3) is 1.91. The topological polar surface area (TPSA) is 61.6 Å². The van der Waals surface area contributed by atoms with Crippen LogP contribution in [0.3, 0.4) is 0 Å². The molecule has 1 aromatic carbocycles. The molecule has 0 saturated carbocycles. The maximum Gasteiger partial charge on any atom is 0.189 e. The zero-order valence-electron chi connectivity index (χ0n) is 8.83. The Morgan fingerprint density at radius 3 is 3.00 bits per heavy atom. The summed E-state index contributed by atoms with van der Waals surface area (Å²) < 4.78 is 10.4. The number of hydrogen-bond donors (Lipinski definition) is 1. The molecule has 5 heteroatoms. The Hall–Kier alpha value is -1.10. The summed E-state index contributed by atoms with van der Waals surface area (Å²) in [5.74, 6) is 0.440. The second-order valence-corrected chi connectivity index (χ2v) is 4.07. The van der Waals surface area contributed by atoms with Gasteiger partial charge in [0.15, 0.2) is 12.6 Å². The molecule has 16 heavy (non-hydrogen) atoms. The fraction of sp³-hybridized carbons (Fsp3) is 0.364. The van der Waals surface area contributed by atoms with Gasteiger partial charge >= 0.3 is 0 Å². The molecule has 1 atom stereocenters. The number of hydrogen-bond acceptors (Lipinski definition) is 4. The molecule has 0 spiro atoms. The van der Waals surface area contributed by atoms with E-state index in [1.807, 2.05) is 0 Å². The number of carbonyl (C=O) groups is 1. The SMILES string of the molecule is CC(N)C(=O)c1c(Cl)ccc2c1COCO2. The monoisotopic (exact) mass is 241 g/mol. The van der Waals surface area contributed by atoms with Gasteiger partial charge in [0.2, 0.25) is 0 Å². The zero-order chi connectivity index (χ0) is 11.7. The van der Waals surface area contributed by atoms with Gasteiger partial charge in [0.05, 0.1) is 17.7 Å². The minimum absolute atomic E-state index is 0.195. The molecule has 0 radical (unpaired) electrons. The van der Waals surface area contributed by atoms with Crippen LogP contribution in [-0.2, 0) is 11.3 Å². The molecule has 0 saturated heterocycles. The average molecular weight is 242 g/mol. The molecule has 2 rings (SSSR count). The van der Waals surface area contributed by atoms with Crippen molar-refractivity contribution in [2.45, 2.75) is 19.6 Å². The lowest BCUT2D eigenvalue weighted by atomic mass is 9.99. The first-order valence-corrected chi connectivity index (χ1v) is 5.30. The fourth-order valence-corrected chi connectivity index (χ4v) is 1.89. The molecule has 1 unspecified atom stereocenters. The van der Waals surface area contributed by atoms with E-state index in [1.54, 1.807) is 19.1 Å². The summed E-state index contributed by atoms with van der Waals surface area (Å²) in [5.41, 5.74) is 6.67. The molecule has 1 heterocycles. The second-order valence-electron chi connectivity index (χ2n) is 3.66. The zero-order valence-corrected chi connectivity index (χ0v) is 9.58. The van der Waals surface area contributed by atoms with Crippen molar-refractivity contribution in [2.75, 3.05) is 6.79 Å². The molecule has 0 aromatic heterocycles. The van der Waals surface area contributed by atoms with E-state index in [0.29, 0.717) is 28.5 Å². The van der Waals surface area contributed by atoms with Crippen LogP contribution in [0.25, 0.3) is 0 Å². The van der Waals surface area contributed by atoms with Gasteiger partial charge < -0.3 is 15.2 Å². The lowest BCUT2D eigenvalue weighted by molar-refractivity contribution is -0.0167. The Labute approximate surface area is 98.3 Å². The summed E-state index contributed by atoms with van der Waals surface area (Å²) in [4.78, 5) is 11.9. The highest BCUT2D eigenvalue weighted by Crippen LogP contribution is 2.32. The smallest absolute Gasteiger partial charge is 0.189 e. The number of fused-ring (bicyclic) bond motifs is 1. The maximum atomic E-state index is 11.9. The van der Waals surface area contributed by atoms with Crippen molar-refractivity contribution in [1.82, 2.24) is 0 Å². The van der Waals surface area contributed by atoms with Crippen molar-refractivity contribution in [1.29, 1.82) is 0 Å². The summed E-state index contributed by atoms with van der Waals surface area (Å²) in [6.45, 7) is 2.15. The predicted octanol–water partition coefficient (Wildman–Crippen LogP) is 1.74. The fourth-order valence-electron chi connectivity index (χ4n) is 1.62. The Morgan fingerprint density at radius 2 is 2.31 bits per heavy atom. The average Bonchev–Trinajstić information content (AvgIpc) is 2.28. The molecule has 0 fully saturated rings. The van der Waals surface area contributed by atoms with Crippen molar-refractivity contribution in [3.8, 4) is 5.75 Å². The molecule has 0 aliphatic carbocycles. The normalized spacial score (nSPS) is 16.2. The van der Waals surface area contributed by atoms with Crippen LogP contribution < -0.4 is 10.5 Å². The summed E-state index contributed by atoms with van der Waals surface area (Å²) in [7, 11) is 0. The van der Waals surface area contributed by atoms with E-state index in [4.69, 9.17) is 26.8 Å². The highest BCUT2D eigenvalue weighted by Gasteiger charge is 2.24. The molecule has 1 aliphatic rings. The van der Waals surface area contributed by atoms with E-state index in [0.717, 1.165) is 0 Å². The molecule has 4 nitrogen and oxygen atoms in total. The molecule has 1 aromatic rings. The highest BCUT2D eigenvalue weighted by atomic mass is 35.5. The van der Waals surface area contributed by atoms with Crippen molar-refractivity contribution in [3.63, 3.8) is 0 Å². The van der Waals surface area contributed by atoms with Crippen LogP contribution in [0, 0.1) is 0 Å². The number of halogens is 1. The first-order chi connectivity index (χ1) is 7.61. The van der Waals surface area contributed by atoms with Gasteiger partial charge in [0.25, 0.3) is 0 Å². The maximum absolute atomic E-state index is 11.9. The molecule has 1 aliphatic heterocycles. The minimum Gasteiger partial charge on any atom is -0.467 e. The summed E-state index contributed by atoms with van der Waals surface area (Å²) >= 11 is 6.01. The predicted molar refractivity (Wildman–Crippen MR) is 59.7 cm³/mol. The van der Waals surface area contributed by atoms with Crippen molar-refractivity contribution >= 4 is 17.4 Å². The van der Waals surface area contributed by atoms with Gasteiger partial charge in [-0.3, -0.25) is 4.79 Å². The molecule has 0 bridgehead atoms. The third-order valence-corrected chi connectivity index (χ3v) is 2.74. The van der Waals surface area contributed by atoms with Gasteiger partial charge in [0, 0.05) is 11.1 Å². The van der Waals surface area contributed by atoms with E-state index in [2.05, 4.69) is 0 Å². The number of nitrogens with two attached hydrogens (primary N) is 1. The van der Waals surface area contributed by atoms with Gasteiger partial charge in [-0.05, 0) is 19.1 Å². The number of Topliss-reactive ketones (excluding diaryl/α,β-unsaturated/α-hetero) is 1. The van der Waals surface area contributed by atoms with E-state index >= 15 is 0 Å². The van der Waals surface area contributed by atoms with Gasteiger partial charge in [-0.1, -0.05) is 11.6 Å². The van der Waals surface area contributed by atoms with Crippen LogP contribution in [0.4, 0.5) is 0 Å². The van der Waals surface area contributed by atoms with Crippen LogP contribution in [0.1, 0.15) is 22.8 Å². The van der Waals surface area contributed by atoms with Crippen LogP contribution in [0.15, 0.2) is 12.1 Å². The summed E-state index contributed by atoms with van der Waals surface area (Å²) in [6, 6.07) is 2.78. The highest BCUT2D eigenvalue weighted by molar-refractivity contribution is 6.34.